The smallest absolute Gasteiger partial charge is 0.309 e. The van der Waals surface area contributed by atoms with E-state index in [-0.39, 0.29) is 0 Å². The molecule has 0 spiro atoms. The molecule has 1 aromatic heterocycles. The van der Waals surface area contributed by atoms with Crippen molar-refractivity contribution in [2.75, 3.05) is 14.2 Å². The molecule has 0 bridgehead atoms. The molecule has 3 nitrogen and oxygen atoms in total. The van der Waals surface area contributed by atoms with Gasteiger partial charge in [0.05, 0.1) is 0 Å². The van der Waals surface area contributed by atoms with Gasteiger partial charge in [0, 0.05) is 24.9 Å². The van der Waals surface area contributed by atoms with E-state index < -0.39 is 7.60 Å². The zero-order valence-electron chi connectivity index (χ0n) is 7.47. The van der Waals surface area contributed by atoms with Crippen molar-refractivity contribution in [3.8, 4) is 0 Å². The third-order valence-electron chi connectivity index (χ3n) is 1.47. The maximum atomic E-state index is 11.5. The average Bonchev–Trinajstić information content (AvgIpc) is 2.67. The second kappa shape index (κ2) is 4.72. The molecule has 0 N–H and O–H groups in total. The first-order valence-electron chi connectivity index (χ1n) is 3.64. The quantitative estimate of drug-likeness (QED) is 0.728. The van der Waals surface area contributed by atoms with Gasteiger partial charge in [0.2, 0.25) is 0 Å². The minimum atomic E-state index is -3.00. The van der Waals surface area contributed by atoms with E-state index in [9.17, 15) is 4.57 Å². The van der Waals surface area contributed by atoms with Gasteiger partial charge in [-0.25, -0.2) is 0 Å². The van der Waals surface area contributed by atoms with E-state index in [0.29, 0.717) is 0 Å². The van der Waals surface area contributed by atoms with E-state index in [1.54, 1.807) is 17.4 Å². The Morgan fingerprint density at radius 3 is 2.62 bits per heavy atom. The van der Waals surface area contributed by atoms with E-state index in [1.807, 2.05) is 17.5 Å². The van der Waals surface area contributed by atoms with Crippen LogP contribution in [-0.2, 0) is 13.6 Å². The molecule has 72 valence electrons. The summed E-state index contributed by atoms with van der Waals surface area (Å²) in [4.78, 5) is 1.02. The van der Waals surface area contributed by atoms with Crippen molar-refractivity contribution in [2.45, 2.75) is 0 Å². The van der Waals surface area contributed by atoms with Crippen molar-refractivity contribution < 1.29 is 13.6 Å². The third-order valence-corrected chi connectivity index (χ3v) is 3.84. The van der Waals surface area contributed by atoms with E-state index in [0.717, 1.165) is 4.88 Å². The van der Waals surface area contributed by atoms with Crippen molar-refractivity contribution in [3.63, 3.8) is 0 Å². The Labute approximate surface area is 81.5 Å². The number of thiophene rings is 1. The molecule has 0 aliphatic carbocycles. The van der Waals surface area contributed by atoms with Gasteiger partial charge in [-0.05, 0) is 17.5 Å². The van der Waals surface area contributed by atoms with Crippen molar-refractivity contribution in [2.24, 2.45) is 0 Å². The predicted molar refractivity (Wildman–Crippen MR) is 55.0 cm³/mol. The molecule has 1 heterocycles. The molecule has 0 radical (unpaired) electrons. The second-order valence-corrected chi connectivity index (χ2v) is 5.32. The summed E-state index contributed by atoms with van der Waals surface area (Å²) >= 11 is 1.57. The minimum Gasteiger partial charge on any atom is -0.309 e. The highest BCUT2D eigenvalue weighted by atomic mass is 32.1. The van der Waals surface area contributed by atoms with Crippen molar-refractivity contribution in [3.05, 3.63) is 28.2 Å². The SMILES string of the molecule is COP(=O)(C=Cc1cccs1)OC. The lowest BCUT2D eigenvalue weighted by molar-refractivity contribution is 0.286. The molecule has 0 saturated carbocycles. The largest absolute Gasteiger partial charge is 0.353 e. The summed E-state index contributed by atoms with van der Waals surface area (Å²) in [5, 5.41) is 1.95. The Kier molecular flexibility index (Phi) is 3.88. The summed E-state index contributed by atoms with van der Waals surface area (Å²) in [5.41, 5.74) is 0. The van der Waals surface area contributed by atoms with Gasteiger partial charge in [-0.15, -0.1) is 11.3 Å². The van der Waals surface area contributed by atoms with E-state index in [2.05, 4.69) is 0 Å². The molecule has 0 aromatic carbocycles. The minimum absolute atomic E-state index is 1.02. The van der Waals surface area contributed by atoms with Crippen LogP contribution in [0.2, 0.25) is 0 Å². The summed E-state index contributed by atoms with van der Waals surface area (Å²) in [6.45, 7) is 0. The first kappa shape index (κ1) is 10.7. The third kappa shape index (κ3) is 3.08. The maximum Gasteiger partial charge on any atom is 0.353 e. The van der Waals surface area contributed by atoms with Crippen LogP contribution in [0.5, 0.6) is 0 Å². The van der Waals surface area contributed by atoms with Crippen molar-refractivity contribution in [1.82, 2.24) is 0 Å². The van der Waals surface area contributed by atoms with Crippen LogP contribution in [0.25, 0.3) is 6.08 Å². The van der Waals surface area contributed by atoms with Crippen LogP contribution in [-0.4, -0.2) is 14.2 Å². The molecular formula is C8H11O3PS. The van der Waals surface area contributed by atoms with Crippen LogP contribution in [0.15, 0.2) is 23.3 Å². The normalized spacial score (nSPS) is 12.5. The van der Waals surface area contributed by atoms with Gasteiger partial charge >= 0.3 is 7.60 Å². The zero-order valence-corrected chi connectivity index (χ0v) is 9.18. The van der Waals surface area contributed by atoms with E-state index >= 15 is 0 Å². The lowest BCUT2D eigenvalue weighted by Gasteiger charge is -2.07. The average molecular weight is 218 g/mol. The Hall–Kier alpha value is -0.410. The standard InChI is InChI=1S/C8H11O3PS/c1-10-12(9,11-2)6-5-8-4-3-7-13-8/h3-7H,1-2H3. The van der Waals surface area contributed by atoms with Crippen LogP contribution in [0, 0.1) is 0 Å². The van der Waals surface area contributed by atoms with Crippen LogP contribution in [0.3, 0.4) is 0 Å². The predicted octanol–water partition coefficient (Wildman–Crippen LogP) is 3.20. The van der Waals surface area contributed by atoms with Crippen LogP contribution >= 0.6 is 18.9 Å². The molecule has 0 saturated heterocycles. The molecule has 13 heavy (non-hydrogen) atoms. The molecule has 5 heteroatoms. The first-order chi connectivity index (χ1) is 6.20. The molecular weight excluding hydrogens is 207 g/mol. The Balaban J connectivity index is 2.72. The molecule has 0 amide bonds. The van der Waals surface area contributed by atoms with E-state index in [1.165, 1.54) is 20.0 Å². The van der Waals surface area contributed by atoms with Gasteiger partial charge in [-0.3, -0.25) is 4.57 Å². The monoisotopic (exact) mass is 218 g/mol. The van der Waals surface area contributed by atoms with Crippen molar-refractivity contribution in [1.29, 1.82) is 0 Å². The highest BCUT2D eigenvalue weighted by Crippen LogP contribution is 2.48. The Morgan fingerprint density at radius 1 is 1.46 bits per heavy atom. The summed E-state index contributed by atoms with van der Waals surface area (Å²) in [5.74, 6) is 1.46. The second-order valence-electron chi connectivity index (χ2n) is 2.24. The Bertz CT molecular complexity index is 310. The van der Waals surface area contributed by atoms with Gasteiger partial charge in [0.25, 0.3) is 0 Å². The highest BCUT2D eigenvalue weighted by Gasteiger charge is 2.15. The molecule has 1 rings (SSSR count). The highest BCUT2D eigenvalue weighted by molar-refractivity contribution is 7.57. The summed E-state index contributed by atoms with van der Waals surface area (Å²) < 4.78 is 21.0. The van der Waals surface area contributed by atoms with Gasteiger partial charge in [0.1, 0.15) is 0 Å². The molecule has 0 aliphatic heterocycles. The number of hydrogen-bond donors (Lipinski definition) is 0. The lowest BCUT2D eigenvalue weighted by atomic mass is 10.5. The molecule has 0 unspecified atom stereocenters. The van der Waals surface area contributed by atoms with Gasteiger partial charge in [-0.1, -0.05) is 6.07 Å². The number of rotatable bonds is 4. The fraction of sp³-hybridized carbons (Fsp3) is 0.250. The fourth-order valence-electron chi connectivity index (χ4n) is 0.747. The number of hydrogen-bond acceptors (Lipinski definition) is 4. The Morgan fingerprint density at radius 2 is 2.15 bits per heavy atom. The zero-order chi connectivity index (χ0) is 9.73. The maximum absolute atomic E-state index is 11.5. The molecule has 1 aromatic rings. The van der Waals surface area contributed by atoms with Gasteiger partial charge in [0.15, 0.2) is 0 Å². The van der Waals surface area contributed by atoms with Gasteiger partial charge < -0.3 is 9.05 Å². The summed E-state index contributed by atoms with van der Waals surface area (Å²) in [6, 6.07) is 3.85. The van der Waals surface area contributed by atoms with Crippen LogP contribution in [0.4, 0.5) is 0 Å². The lowest BCUT2D eigenvalue weighted by Crippen LogP contribution is -1.82. The topological polar surface area (TPSA) is 35.5 Å². The van der Waals surface area contributed by atoms with Crippen molar-refractivity contribution >= 4 is 25.0 Å². The summed E-state index contributed by atoms with van der Waals surface area (Å²) in [6.07, 6.45) is 1.73. The van der Waals surface area contributed by atoms with Gasteiger partial charge in [-0.2, -0.15) is 0 Å². The summed E-state index contributed by atoms with van der Waals surface area (Å²) in [7, 11) is -0.268. The molecule has 0 atom stereocenters. The van der Waals surface area contributed by atoms with E-state index in [4.69, 9.17) is 9.05 Å². The molecule has 0 aliphatic rings. The fourth-order valence-corrected chi connectivity index (χ4v) is 2.20. The molecule has 0 fully saturated rings. The first-order valence-corrected chi connectivity index (χ1v) is 6.13. The van der Waals surface area contributed by atoms with Crippen LogP contribution < -0.4 is 0 Å². The van der Waals surface area contributed by atoms with Crippen LogP contribution in [0.1, 0.15) is 4.88 Å².